The second-order valence-electron chi connectivity index (χ2n) is 1.78. The van der Waals surface area contributed by atoms with Gasteiger partial charge in [-0.25, -0.2) is 4.98 Å². The molecule has 0 aliphatic rings. The van der Waals surface area contributed by atoms with Crippen LogP contribution in [0.4, 0.5) is 0 Å². The van der Waals surface area contributed by atoms with Crippen molar-refractivity contribution in [2.75, 3.05) is 0 Å². The van der Waals surface area contributed by atoms with E-state index in [4.69, 9.17) is 0 Å². The SMILES string of the molecule is C/C=c1/nc[nH]/c1=C/C. The minimum Gasteiger partial charge on any atom is -0.345 e. The van der Waals surface area contributed by atoms with Gasteiger partial charge >= 0.3 is 0 Å². The van der Waals surface area contributed by atoms with Gasteiger partial charge in [0.25, 0.3) is 0 Å². The van der Waals surface area contributed by atoms with Crippen LogP contribution in [0, 0.1) is 0 Å². The highest BCUT2D eigenvalue weighted by molar-refractivity contribution is 5.20. The van der Waals surface area contributed by atoms with Crippen molar-refractivity contribution in [2.45, 2.75) is 13.8 Å². The summed E-state index contributed by atoms with van der Waals surface area (Å²) in [5.74, 6) is 0. The van der Waals surface area contributed by atoms with Crippen molar-refractivity contribution in [3.05, 3.63) is 17.0 Å². The van der Waals surface area contributed by atoms with Gasteiger partial charge in [-0.1, -0.05) is 12.2 Å². The lowest BCUT2D eigenvalue weighted by atomic mass is 10.5. The fourth-order valence-corrected chi connectivity index (χ4v) is 0.776. The molecular weight excluding hydrogens is 112 g/mol. The van der Waals surface area contributed by atoms with Crippen LogP contribution in [0.15, 0.2) is 6.33 Å². The number of aromatic nitrogens is 2. The zero-order chi connectivity index (χ0) is 6.69. The van der Waals surface area contributed by atoms with Crippen molar-refractivity contribution in [2.24, 2.45) is 0 Å². The lowest BCUT2D eigenvalue weighted by Crippen LogP contribution is -2.23. The van der Waals surface area contributed by atoms with Crippen LogP contribution in [0.3, 0.4) is 0 Å². The molecule has 1 N–H and O–H groups in total. The Hall–Kier alpha value is -1.05. The van der Waals surface area contributed by atoms with Gasteiger partial charge in [0.05, 0.1) is 17.0 Å². The molecule has 0 unspecified atom stereocenters. The van der Waals surface area contributed by atoms with Crippen LogP contribution >= 0.6 is 0 Å². The lowest BCUT2D eigenvalue weighted by Gasteiger charge is -1.70. The first kappa shape index (κ1) is 6.08. The average Bonchev–Trinajstić information content (AvgIpc) is 2.33. The molecule has 0 spiro atoms. The van der Waals surface area contributed by atoms with Crippen LogP contribution in [-0.2, 0) is 0 Å². The number of rotatable bonds is 0. The fraction of sp³-hybridized carbons (Fsp3) is 0.286. The van der Waals surface area contributed by atoms with Crippen LogP contribution in [0.25, 0.3) is 12.2 Å². The van der Waals surface area contributed by atoms with Crippen molar-refractivity contribution in [3.63, 3.8) is 0 Å². The van der Waals surface area contributed by atoms with Gasteiger partial charge in [-0.15, -0.1) is 0 Å². The molecule has 1 rings (SSSR count). The third kappa shape index (κ3) is 1.02. The van der Waals surface area contributed by atoms with E-state index in [1.165, 1.54) is 0 Å². The summed E-state index contributed by atoms with van der Waals surface area (Å²) in [6.45, 7) is 3.96. The zero-order valence-electron chi connectivity index (χ0n) is 5.68. The highest BCUT2D eigenvalue weighted by Crippen LogP contribution is 1.57. The summed E-state index contributed by atoms with van der Waals surface area (Å²) in [6.07, 6.45) is 5.68. The standard InChI is InChI=1S/C7H10N2/c1-3-6-7(4-2)9-5-8-6/h3-5H,1-2H3,(H,8,9)/b6-3+,7-4+. The first-order valence-corrected chi connectivity index (χ1v) is 3.00. The molecule has 1 aromatic heterocycles. The summed E-state index contributed by atoms with van der Waals surface area (Å²) >= 11 is 0. The maximum absolute atomic E-state index is 4.06. The van der Waals surface area contributed by atoms with E-state index in [1.54, 1.807) is 6.33 Å². The Balaban J connectivity index is 3.50. The van der Waals surface area contributed by atoms with Gasteiger partial charge in [-0.2, -0.15) is 0 Å². The molecule has 2 heteroatoms. The van der Waals surface area contributed by atoms with Crippen LogP contribution in [0.2, 0.25) is 0 Å². The molecule has 0 fully saturated rings. The van der Waals surface area contributed by atoms with Gasteiger partial charge in [0.15, 0.2) is 0 Å². The van der Waals surface area contributed by atoms with Gasteiger partial charge in [0.1, 0.15) is 0 Å². The molecule has 0 bridgehead atoms. The van der Waals surface area contributed by atoms with E-state index in [2.05, 4.69) is 9.97 Å². The number of nitrogens with zero attached hydrogens (tertiary/aromatic N) is 1. The summed E-state index contributed by atoms with van der Waals surface area (Å²) < 4.78 is 0. The van der Waals surface area contributed by atoms with Gasteiger partial charge in [0.2, 0.25) is 0 Å². The summed E-state index contributed by atoms with van der Waals surface area (Å²) in [5, 5.41) is 2.12. The lowest BCUT2D eigenvalue weighted by molar-refractivity contribution is 1.28. The van der Waals surface area contributed by atoms with E-state index in [0.717, 1.165) is 10.7 Å². The molecule has 1 aromatic rings. The van der Waals surface area contributed by atoms with E-state index >= 15 is 0 Å². The average molecular weight is 122 g/mol. The maximum Gasteiger partial charge on any atom is 0.0931 e. The van der Waals surface area contributed by atoms with Gasteiger partial charge in [-0.3, -0.25) is 0 Å². The molecule has 2 nitrogen and oxygen atoms in total. The molecule has 48 valence electrons. The van der Waals surface area contributed by atoms with E-state index < -0.39 is 0 Å². The van der Waals surface area contributed by atoms with E-state index in [-0.39, 0.29) is 0 Å². The molecular formula is C7H10N2. The first-order valence-electron chi connectivity index (χ1n) is 3.00. The fourth-order valence-electron chi connectivity index (χ4n) is 0.776. The molecule has 9 heavy (non-hydrogen) atoms. The Morgan fingerprint density at radius 2 is 2.22 bits per heavy atom. The topological polar surface area (TPSA) is 28.7 Å². The highest BCUT2D eigenvalue weighted by atomic mass is 14.8. The Labute approximate surface area is 53.9 Å². The number of hydrogen-bond acceptors (Lipinski definition) is 1. The summed E-state index contributed by atoms with van der Waals surface area (Å²) in [6, 6.07) is 0. The predicted octanol–water partition coefficient (Wildman–Crippen LogP) is 0.0105. The normalized spacial score (nSPS) is 14.9. The summed E-state index contributed by atoms with van der Waals surface area (Å²) in [5.41, 5.74) is 0. The molecule has 0 atom stereocenters. The Bertz CT molecular complexity index is 254. The first-order chi connectivity index (χ1) is 4.38. The number of nitrogens with one attached hydrogen (secondary N) is 1. The number of aromatic amines is 1. The number of imidazole rings is 1. The molecule has 0 saturated carbocycles. The second-order valence-corrected chi connectivity index (χ2v) is 1.78. The van der Waals surface area contributed by atoms with E-state index in [0.29, 0.717) is 0 Å². The van der Waals surface area contributed by atoms with Crippen LogP contribution in [0.1, 0.15) is 13.8 Å². The zero-order valence-corrected chi connectivity index (χ0v) is 5.68. The summed E-state index contributed by atoms with van der Waals surface area (Å²) in [7, 11) is 0. The van der Waals surface area contributed by atoms with Gasteiger partial charge in [0, 0.05) is 0 Å². The largest absolute Gasteiger partial charge is 0.345 e. The highest BCUT2D eigenvalue weighted by Gasteiger charge is 1.79. The summed E-state index contributed by atoms with van der Waals surface area (Å²) in [4.78, 5) is 7.07. The predicted molar refractivity (Wildman–Crippen MR) is 38.1 cm³/mol. The molecule has 0 amide bonds. The molecule has 0 aromatic carbocycles. The molecule has 1 heterocycles. The van der Waals surface area contributed by atoms with Crippen molar-refractivity contribution < 1.29 is 0 Å². The minimum absolute atomic E-state index is 1.03. The third-order valence-electron chi connectivity index (χ3n) is 1.26. The Kier molecular flexibility index (Phi) is 1.68. The Morgan fingerprint density at radius 3 is 2.67 bits per heavy atom. The van der Waals surface area contributed by atoms with Crippen molar-refractivity contribution in [1.82, 2.24) is 9.97 Å². The van der Waals surface area contributed by atoms with Crippen LogP contribution in [0.5, 0.6) is 0 Å². The van der Waals surface area contributed by atoms with E-state index in [1.807, 2.05) is 26.0 Å². The smallest absolute Gasteiger partial charge is 0.0931 e. The van der Waals surface area contributed by atoms with E-state index in [9.17, 15) is 0 Å². The van der Waals surface area contributed by atoms with Crippen LogP contribution in [-0.4, -0.2) is 9.97 Å². The third-order valence-corrected chi connectivity index (χ3v) is 1.26. The number of hydrogen-bond donors (Lipinski definition) is 1. The van der Waals surface area contributed by atoms with Crippen molar-refractivity contribution in [1.29, 1.82) is 0 Å². The maximum atomic E-state index is 4.06. The van der Waals surface area contributed by atoms with Gasteiger partial charge < -0.3 is 4.98 Å². The van der Waals surface area contributed by atoms with Crippen molar-refractivity contribution >= 4 is 12.2 Å². The minimum atomic E-state index is 1.03. The quantitative estimate of drug-likeness (QED) is 0.516. The van der Waals surface area contributed by atoms with Gasteiger partial charge in [-0.05, 0) is 13.8 Å². The van der Waals surface area contributed by atoms with Crippen LogP contribution < -0.4 is 10.7 Å². The molecule has 0 radical (unpaired) electrons. The number of H-pyrrole nitrogens is 1. The molecule has 0 aliphatic carbocycles. The van der Waals surface area contributed by atoms with Crippen molar-refractivity contribution in [3.8, 4) is 0 Å². The molecule has 0 saturated heterocycles. The second kappa shape index (κ2) is 2.49. The molecule has 0 aliphatic heterocycles. The monoisotopic (exact) mass is 122 g/mol. The Morgan fingerprint density at radius 1 is 1.44 bits per heavy atom.